The molecule has 1 amide bonds. The zero-order chi connectivity index (χ0) is 32.9. The van der Waals surface area contributed by atoms with E-state index in [0.717, 1.165) is 19.3 Å². The van der Waals surface area contributed by atoms with Crippen LogP contribution in [0.3, 0.4) is 0 Å². The molecular weight excluding hydrogens is 554 g/mol. The number of hydrogen-bond donors (Lipinski definition) is 3. The van der Waals surface area contributed by atoms with Crippen molar-refractivity contribution in [1.82, 2.24) is 5.32 Å². The normalized spacial score (nSPS) is 13.2. The number of hydrogen-bond acceptors (Lipinski definition) is 3. The largest absolute Gasteiger partial charge is 0.394 e. The number of aliphatic hydroxyl groups excluding tert-OH is 2. The number of carbonyl (C=O) groups is 1. The maximum atomic E-state index is 12.3. The molecule has 0 saturated heterocycles. The maximum Gasteiger partial charge on any atom is 0.220 e. The molecule has 0 fully saturated rings. The van der Waals surface area contributed by atoms with E-state index >= 15 is 0 Å². The molecule has 45 heavy (non-hydrogen) atoms. The van der Waals surface area contributed by atoms with Crippen molar-refractivity contribution in [3.05, 3.63) is 24.3 Å². The van der Waals surface area contributed by atoms with E-state index in [4.69, 9.17) is 0 Å². The second-order valence-corrected chi connectivity index (χ2v) is 13.7. The molecule has 0 aromatic heterocycles. The molecule has 0 aromatic carbocycles. The van der Waals surface area contributed by atoms with Gasteiger partial charge in [-0.15, -0.1) is 0 Å². The first-order valence-corrected chi connectivity index (χ1v) is 20.1. The molecule has 0 radical (unpaired) electrons. The highest BCUT2D eigenvalue weighted by atomic mass is 16.3. The minimum atomic E-state index is -0.883. The van der Waals surface area contributed by atoms with Gasteiger partial charge in [-0.3, -0.25) is 4.79 Å². The number of amides is 1. The lowest BCUT2D eigenvalue weighted by molar-refractivity contribution is -0.123. The summed E-state index contributed by atoms with van der Waals surface area (Å²) >= 11 is 0. The van der Waals surface area contributed by atoms with Crippen molar-refractivity contribution in [3.63, 3.8) is 0 Å². The van der Waals surface area contributed by atoms with Gasteiger partial charge in [0.15, 0.2) is 0 Å². The summed E-state index contributed by atoms with van der Waals surface area (Å²) in [5.41, 5.74) is 0. The van der Waals surface area contributed by atoms with Crippen molar-refractivity contribution < 1.29 is 15.0 Å². The highest BCUT2D eigenvalue weighted by Gasteiger charge is 2.17. The maximum absolute atomic E-state index is 12.3. The van der Waals surface area contributed by atoms with Crippen LogP contribution in [0.1, 0.15) is 213 Å². The minimum absolute atomic E-state index is 0.0795. The molecule has 0 rings (SSSR count). The summed E-state index contributed by atoms with van der Waals surface area (Å²) in [6.07, 6.45) is 47.2. The smallest absolute Gasteiger partial charge is 0.220 e. The molecule has 0 aliphatic rings. The van der Waals surface area contributed by atoms with Crippen LogP contribution in [-0.4, -0.2) is 34.9 Å². The predicted octanol–water partition coefficient (Wildman–Crippen LogP) is 12.1. The van der Waals surface area contributed by atoms with E-state index in [1.54, 1.807) is 6.08 Å². The molecule has 0 spiro atoms. The van der Waals surface area contributed by atoms with Crippen LogP contribution < -0.4 is 5.32 Å². The molecule has 4 nitrogen and oxygen atoms in total. The Balaban J connectivity index is 3.53. The van der Waals surface area contributed by atoms with Gasteiger partial charge >= 0.3 is 0 Å². The third-order valence-corrected chi connectivity index (χ3v) is 9.24. The summed E-state index contributed by atoms with van der Waals surface area (Å²) in [7, 11) is 0. The van der Waals surface area contributed by atoms with Crippen LogP contribution in [0.25, 0.3) is 0 Å². The van der Waals surface area contributed by atoms with Gasteiger partial charge in [0.2, 0.25) is 5.91 Å². The first kappa shape index (κ1) is 43.9. The van der Waals surface area contributed by atoms with Gasteiger partial charge < -0.3 is 15.5 Å². The highest BCUT2D eigenvalue weighted by Crippen LogP contribution is 2.15. The Bertz CT molecular complexity index is 647. The SMILES string of the molecule is CCCCCCCCC/C=C/C=C/[C@@H](O)[C@H](CO)NC(=O)CCCCCCCCCCCCCCCCCCCCCCCC. The molecule has 3 N–H and O–H groups in total. The Morgan fingerprint density at radius 2 is 0.889 bits per heavy atom. The summed E-state index contributed by atoms with van der Waals surface area (Å²) in [6, 6.07) is -0.648. The second-order valence-electron chi connectivity index (χ2n) is 13.7. The second kappa shape index (κ2) is 37.3. The van der Waals surface area contributed by atoms with Gasteiger partial charge in [0.1, 0.15) is 0 Å². The number of unbranched alkanes of at least 4 members (excludes halogenated alkanes) is 28. The fraction of sp³-hybridized carbons (Fsp3) is 0.878. The first-order chi connectivity index (χ1) is 22.2. The first-order valence-electron chi connectivity index (χ1n) is 20.1. The number of nitrogens with one attached hydrogen (secondary N) is 1. The summed E-state index contributed by atoms with van der Waals surface area (Å²) in [5, 5.41) is 22.8. The van der Waals surface area contributed by atoms with Gasteiger partial charge in [0.25, 0.3) is 0 Å². The molecule has 0 aliphatic carbocycles. The summed E-state index contributed by atoms with van der Waals surface area (Å²) in [5.74, 6) is -0.0795. The lowest BCUT2D eigenvalue weighted by Crippen LogP contribution is -2.45. The van der Waals surface area contributed by atoms with Crippen molar-refractivity contribution in [2.75, 3.05) is 6.61 Å². The van der Waals surface area contributed by atoms with Gasteiger partial charge in [-0.1, -0.05) is 212 Å². The molecule has 2 atom stereocenters. The van der Waals surface area contributed by atoms with Gasteiger partial charge in [-0.05, 0) is 19.3 Å². The Morgan fingerprint density at radius 3 is 1.27 bits per heavy atom. The number of carbonyl (C=O) groups excluding carboxylic acids is 1. The number of allylic oxidation sites excluding steroid dienone is 3. The van der Waals surface area contributed by atoms with Gasteiger partial charge in [-0.25, -0.2) is 0 Å². The molecule has 4 heteroatoms. The Hall–Kier alpha value is -1.13. The van der Waals surface area contributed by atoms with E-state index in [1.807, 2.05) is 12.2 Å². The van der Waals surface area contributed by atoms with Crippen LogP contribution in [0, 0.1) is 0 Å². The number of rotatable bonds is 36. The van der Waals surface area contributed by atoms with Crippen molar-refractivity contribution in [3.8, 4) is 0 Å². The molecule has 0 saturated carbocycles. The van der Waals surface area contributed by atoms with E-state index < -0.39 is 12.1 Å². The van der Waals surface area contributed by atoms with Gasteiger partial charge in [0.05, 0.1) is 18.8 Å². The summed E-state index contributed by atoms with van der Waals surface area (Å²) < 4.78 is 0. The Morgan fingerprint density at radius 1 is 0.533 bits per heavy atom. The van der Waals surface area contributed by atoms with Gasteiger partial charge in [0, 0.05) is 6.42 Å². The third kappa shape index (κ3) is 34.0. The van der Waals surface area contributed by atoms with E-state index in [9.17, 15) is 15.0 Å². The summed E-state index contributed by atoms with van der Waals surface area (Å²) in [6.45, 7) is 4.27. The van der Waals surface area contributed by atoms with E-state index in [0.29, 0.717) is 6.42 Å². The minimum Gasteiger partial charge on any atom is -0.394 e. The van der Waals surface area contributed by atoms with Crippen LogP contribution in [0.5, 0.6) is 0 Å². The van der Waals surface area contributed by atoms with Crippen molar-refractivity contribution in [2.24, 2.45) is 0 Å². The average molecular weight is 634 g/mol. The van der Waals surface area contributed by atoms with E-state index in [2.05, 4.69) is 25.2 Å². The Kier molecular flexibility index (Phi) is 36.4. The fourth-order valence-corrected chi connectivity index (χ4v) is 6.12. The fourth-order valence-electron chi connectivity index (χ4n) is 6.12. The molecular formula is C41H79NO3. The average Bonchev–Trinajstić information content (AvgIpc) is 3.04. The van der Waals surface area contributed by atoms with E-state index in [-0.39, 0.29) is 12.5 Å². The van der Waals surface area contributed by atoms with Crippen LogP contribution in [0.4, 0.5) is 0 Å². The zero-order valence-corrected chi connectivity index (χ0v) is 30.4. The van der Waals surface area contributed by atoms with Crippen LogP contribution >= 0.6 is 0 Å². The Labute approximate surface area is 281 Å². The van der Waals surface area contributed by atoms with Crippen LogP contribution in [0.2, 0.25) is 0 Å². The van der Waals surface area contributed by atoms with Crippen LogP contribution in [0.15, 0.2) is 24.3 Å². The number of aliphatic hydroxyl groups is 2. The lowest BCUT2D eigenvalue weighted by Gasteiger charge is -2.19. The molecule has 0 aromatic rings. The van der Waals surface area contributed by atoms with Crippen molar-refractivity contribution in [1.29, 1.82) is 0 Å². The molecule has 0 aliphatic heterocycles. The zero-order valence-electron chi connectivity index (χ0n) is 30.4. The van der Waals surface area contributed by atoms with Crippen molar-refractivity contribution in [2.45, 2.75) is 225 Å². The molecule has 266 valence electrons. The van der Waals surface area contributed by atoms with Crippen molar-refractivity contribution >= 4 is 5.91 Å². The predicted molar refractivity (Wildman–Crippen MR) is 198 cm³/mol. The molecule has 0 bridgehead atoms. The van der Waals surface area contributed by atoms with Crippen LogP contribution in [-0.2, 0) is 4.79 Å². The lowest BCUT2D eigenvalue weighted by atomic mass is 10.0. The van der Waals surface area contributed by atoms with E-state index in [1.165, 1.54) is 173 Å². The quantitative estimate of drug-likeness (QED) is 0.0475. The standard InChI is InChI=1S/C41H79NO3/c1-3-5-7-9-11-13-15-16-17-18-19-20-21-22-23-24-25-27-29-31-33-35-37-41(45)42-39(38-43)40(44)36-34-32-30-28-26-14-12-10-8-6-4-2/h30,32,34,36,39-40,43-44H,3-29,31,33,35,37-38H2,1-2H3,(H,42,45)/b32-30+,36-34+/t39-,40+/m0/s1. The van der Waals surface area contributed by atoms with Gasteiger partial charge in [-0.2, -0.15) is 0 Å². The highest BCUT2D eigenvalue weighted by molar-refractivity contribution is 5.76. The third-order valence-electron chi connectivity index (χ3n) is 9.24. The molecule has 0 unspecified atom stereocenters. The topological polar surface area (TPSA) is 69.6 Å². The summed E-state index contributed by atoms with van der Waals surface area (Å²) in [4.78, 5) is 12.3. The molecule has 0 heterocycles. The monoisotopic (exact) mass is 634 g/mol.